The number of hydrogen-bond donors (Lipinski definition) is 1. The van der Waals surface area contributed by atoms with Gasteiger partial charge in [0.2, 0.25) is 0 Å². The van der Waals surface area contributed by atoms with Gasteiger partial charge in [-0.2, -0.15) is 0 Å². The van der Waals surface area contributed by atoms with Crippen molar-refractivity contribution in [2.45, 2.75) is 59.2 Å². The molecule has 174 valence electrons. The van der Waals surface area contributed by atoms with Crippen LogP contribution in [-0.4, -0.2) is 37.4 Å². The monoisotopic (exact) mass is 450 g/mol. The van der Waals surface area contributed by atoms with Crippen molar-refractivity contribution >= 4 is 16.6 Å². The van der Waals surface area contributed by atoms with Crippen LogP contribution < -0.4 is 10.1 Å². The van der Waals surface area contributed by atoms with Gasteiger partial charge in [0.15, 0.2) is 5.82 Å². The first-order valence-electron chi connectivity index (χ1n) is 11.0. The van der Waals surface area contributed by atoms with Gasteiger partial charge >= 0.3 is 0 Å². The quantitative estimate of drug-likeness (QED) is 0.437. The molecule has 0 amide bonds. The second-order valence-electron chi connectivity index (χ2n) is 10.3. The first kappa shape index (κ1) is 22.8. The molecular weight excluding hydrogens is 419 g/mol. The summed E-state index contributed by atoms with van der Waals surface area (Å²) >= 11 is 0. The average molecular weight is 451 g/mol. The van der Waals surface area contributed by atoms with E-state index in [-0.39, 0.29) is 16.9 Å². The molecule has 0 aliphatic carbocycles. The van der Waals surface area contributed by atoms with E-state index in [1.165, 1.54) is 6.07 Å². The molecule has 0 aliphatic heterocycles. The Labute approximate surface area is 193 Å². The number of aromatic nitrogens is 5. The molecule has 0 unspecified atom stereocenters. The van der Waals surface area contributed by atoms with Gasteiger partial charge in [-0.25, -0.2) is 9.07 Å². The van der Waals surface area contributed by atoms with E-state index in [0.29, 0.717) is 23.4 Å². The van der Waals surface area contributed by atoms with Crippen LogP contribution in [0.3, 0.4) is 0 Å². The number of anilines is 1. The van der Waals surface area contributed by atoms with Gasteiger partial charge in [-0.3, -0.25) is 0 Å². The van der Waals surface area contributed by atoms with E-state index in [0.717, 1.165) is 22.5 Å². The van der Waals surface area contributed by atoms with Crippen LogP contribution in [0, 0.1) is 5.82 Å². The maximum absolute atomic E-state index is 15.4. The Bertz CT molecular complexity index is 1280. The molecule has 2 aromatic carbocycles. The summed E-state index contributed by atoms with van der Waals surface area (Å²) in [4.78, 5) is 0. The summed E-state index contributed by atoms with van der Waals surface area (Å²) in [5, 5.41) is 17.4. The topological polar surface area (TPSA) is 69.8 Å². The highest BCUT2D eigenvalue weighted by Crippen LogP contribution is 2.40. The molecular formula is C25H31FN6O. The molecule has 33 heavy (non-hydrogen) atoms. The number of rotatable bonds is 5. The first-order valence-corrected chi connectivity index (χ1v) is 11.0. The number of halogens is 1. The third-order valence-electron chi connectivity index (χ3n) is 5.36. The number of ether oxygens (including phenoxy) is 1. The van der Waals surface area contributed by atoms with Gasteiger partial charge in [-0.05, 0) is 75.7 Å². The van der Waals surface area contributed by atoms with E-state index >= 15 is 4.39 Å². The molecule has 2 heterocycles. The van der Waals surface area contributed by atoms with E-state index < -0.39 is 0 Å². The molecule has 4 rings (SSSR count). The number of fused-ring (bicyclic) bond motifs is 1. The lowest BCUT2D eigenvalue weighted by Gasteiger charge is -2.25. The van der Waals surface area contributed by atoms with E-state index in [1.807, 2.05) is 51.1 Å². The molecule has 0 radical (unpaired) electrons. The van der Waals surface area contributed by atoms with Crippen molar-refractivity contribution in [1.29, 1.82) is 0 Å². The minimum absolute atomic E-state index is 0.248. The van der Waals surface area contributed by atoms with Crippen molar-refractivity contribution in [1.82, 2.24) is 24.8 Å². The van der Waals surface area contributed by atoms with E-state index in [4.69, 9.17) is 4.74 Å². The summed E-state index contributed by atoms with van der Waals surface area (Å²) in [6.07, 6.45) is 0. The lowest BCUT2D eigenvalue weighted by molar-refractivity contribution is 0.350. The summed E-state index contributed by atoms with van der Waals surface area (Å²) in [5.41, 5.74) is 1.06. The van der Waals surface area contributed by atoms with Crippen molar-refractivity contribution in [2.75, 3.05) is 12.4 Å². The zero-order chi connectivity index (χ0) is 24.0. The molecule has 2 aromatic heterocycles. The lowest BCUT2D eigenvalue weighted by atomic mass is 10.1. The van der Waals surface area contributed by atoms with Crippen LogP contribution in [0.5, 0.6) is 5.75 Å². The summed E-state index contributed by atoms with van der Waals surface area (Å²) in [6, 6.07) is 13.0. The standard InChI is InChI=1S/C25H31FN6O/c1-24(2,3)27-22-18-9-8-10-19(26)20(18)21(23-28-29-30-32(23)25(4,5)6)31(22)15-16-11-13-17(33-7)14-12-16/h8-14,27H,15H2,1-7H3. The molecule has 0 atom stereocenters. The molecule has 0 saturated heterocycles. The fraction of sp³-hybridized carbons (Fsp3) is 0.400. The molecule has 0 bridgehead atoms. The molecule has 0 spiro atoms. The number of tetrazole rings is 1. The predicted octanol–water partition coefficient (Wildman–Crippen LogP) is 5.46. The number of hydrogen-bond acceptors (Lipinski definition) is 5. The van der Waals surface area contributed by atoms with Crippen LogP contribution >= 0.6 is 0 Å². The highest BCUT2D eigenvalue weighted by Gasteiger charge is 2.29. The highest BCUT2D eigenvalue weighted by molar-refractivity contribution is 6.03. The predicted molar refractivity (Wildman–Crippen MR) is 129 cm³/mol. The fourth-order valence-electron chi connectivity index (χ4n) is 3.94. The smallest absolute Gasteiger partial charge is 0.200 e. The number of benzene rings is 2. The van der Waals surface area contributed by atoms with E-state index in [9.17, 15) is 0 Å². The number of nitrogens with one attached hydrogen (secondary N) is 1. The van der Waals surface area contributed by atoms with Gasteiger partial charge in [0, 0.05) is 22.9 Å². The Kier molecular flexibility index (Phi) is 5.64. The summed E-state index contributed by atoms with van der Waals surface area (Å²) in [5.74, 6) is 1.82. The lowest BCUT2D eigenvalue weighted by Crippen LogP contribution is -2.28. The van der Waals surface area contributed by atoms with Gasteiger partial charge in [0.25, 0.3) is 0 Å². The molecule has 0 saturated carbocycles. The van der Waals surface area contributed by atoms with Crippen LogP contribution in [0.25, 0.3) is 22.3 Å². The molecule has 0 fully saturated rings. The summed E-state index contributed by atoms with van der Waals surface area (Å²) in [6.45, 7) is 12.8. The Morgan fingerprint density at radius 2 is 1.70 bits per heavy atom. The van der Waals surface area contributed by atoms with Crippen molar-refractivity contribution < 1.29 is 9.13 Å². The van der Waals surface area contributed by atoms with Crippen LogP contribution in [0.15, 0.2) is 42.5 Å². The number of methoxy groups -OCH3 is 1. The average Bonchev–Trinajstić information content (AvgIpc) is 3.32. The van der Waals surface area contributed by atoms with Gasteiger partial charge in [0.05, 0.1) is 12.6 Å². The molecule has 0 aliphatic rings. The summed E-state index contributed by atoms with van der Waals surface area (Å²) in [7, 11) is 1.65. The minimum Gasteiger partial charge on any atom is -0.497 e. The second-order valence-corrected chi connectivity index (χ2v) is 10.3. The molecule has 4 aromatic rings. The largest absolute Gasteiger partial charge is 0.497 e. The van der Waals surface area contributed by atoms with Crippen molar-refractivity contribution in [3.63, 3.8) is 0 Å². The van der Waals surface area contributed by atoms with Crippen molar-refractivity contribution in [3.8, 4) is 17.3 Å². The third-order valence-corrected chi connectivity index (χ3v) is 5.36. The maximum atomic E-state index is 15.4. The second kappa shape index (κ2) is 8.17. The third kappa shape index (κ3) is 4.42. The van der Waals surface area contributed by atoms with Gasteiger partial charge in [-0.1, -0.05) is 24.3 Å². The zero-order valence-corrected chi connectivity index (χ0v) is 20.3. The Morgan fingerprint density at radius 1 is 1.00 bits per heavy atom. The normalized spacial score (nSPS) is 12.4. The van der Waals surface area contributed by atoms with Crippen molar-refractivity contribution in [2.24, 2.45) is 0 Å². The van der Waals surface area contributed by atoms with Crippen LogP contribution in [0.1, 0.15) is 47.1 Å². The minimum atomic E-state index is -0.386. The maximum Gasteiger partial charge on any atom is 0.200 e. The first-order chi connectivity index (χ1) is 15.5. The SMILES string of the molecule is COc1ccc(Cn2c(NC(C)(C)C)c3cccc(F)c3c2-c2nnnn2C(C)(C)C)cc1. The zero-order valence-electron chi connectivity index (χ0n) is 20.3. The molecule has 8 heteroatoms. The van der Waals surface area contributed by atoms with E-state index in [1.54, 1.807) is 17.9 Å². The van der Waals surface area contributed by atoms with Crippen molar-refractivity contribution in [3.05, 3.63) is 53.8 Å². The Morgan fingerprint density at radius 3 is 2.30 bits per heavy atom. The van der Waals surface area contributed by atoms with Gasteiger partial charge in [0.1, 0.15) is 23.1 Å². The Hall–Kier alpha value is -3.42. The van der Waals surface area contributed by atoms with Crippen LogP contribution in [0.4, 0.5) is 10.2 Å². The highest BCUT2D eigenvalue weighted by atomic mass is 19.1. The number of nitrogens with zero attached hydrogens (tertiary/aromatic N) is 5. The summed E-state index contributed by atoms with van der Waals surface area (Å²) < 4.78 is 24.5. The fourth-order valence-corrected chi connectivity index (χ4v) is 3.94. The van der Waals surface area contributed by atoms with Gasteiger partial charge in [-0.15, -0.1) is 5.10 Å². The molecule has 7 nitrogen and oxygen atoms in total. The Balaban J connectivity index is 2.04. The van der Waals surface area contributed by atoms with Crippen LogP contribution in [-0.2, 0) is 12.1 Å². The van der Waals surface area contributed by atoms with Crippen LogP contribution in [0.2, 0.25) is 0 Å². The van der Waals surface area contributed by atoms with Gasteiger partial charge < -0.3 is 14.6 Å². The molecule has 1 N–H and O–H groups in total. The van der Waals surface area contributed by atoms with E-state index in [2.05, 4.69) is 46.2 Å².